The van der Waals surface area contributed by atoms with Gasteiger partial charge in [0, 0.05) is 5.54 Å². The van der Waals surface area contributed by atoms with E-state index in [-0.39, 0.29) is 5.54 Å². The van der Waals surface area contributed by atoms with Crippen molar-refractivity contribution in [3.8, 4) is 0 Å². The van der Waals surface area contributed by atoms with E-state index in [4.69, 9.17) is 5.73 Å². The second-order valence-corrected chi connectivity index (χ2v) is 7.25. The molecule has 0 amide bonds. The Morgan fingerprint density at radius 3 is 2.07 bits per heavy atom. The zero-order valence-electron chi connectivity index (χ0n) is 10.3. The van der Waals surface area contributed by atoms with Crippen LogP contribution in [0.2, 0.25) is 0 Å². The first-order valence-electron chi connectivity index (χ1n) is 6.77. The Hall–Kier alpha value is -0.0400. The summed E-state index contributed by atoms with van der Waals surface area (Å²) in [6, 6.07) is 0. The molecule has 4 rings (SSSR count). The number of rotatable bonds is 1. The molecule has 4 fully saturated rings. The van der Waals surface area contributed by atoms with E-state index in [9.17, 15) is 0 Å². The van der Waals surface area contributed by atoms with Crippen LogP contribution in [0, 0.1) is 23.2 Å². The summed E-state index contributed by atoms with van der Waals surface area (Å²) in [4.78, 5) is 0. The molecule has 2 unspecified atom stereocenters. The molecule has 0 spiro atoms. The van der Waals surface area contributed by atoms with Crippen LogP contribution in [0.5, 0.6) is 0 Å². The molecule has 86 valence electrons. The van der Waals surface area contributed by atoms with Gasteiger partial charge < -0.3 is 5.73 Å². The molecule has 4 bridgehead atoms. The van der Waals surface area contributed by atoms with Gasteiger partial charge >= 0.3 is 0 Å². The molecular weight excluding hydrogens is 182 g/mol. The fourth-order valence-corrected chi connectivity index (χ4v) is 4.99. The zero-order valence-corrected chi connectivity index (χ0v) is 10.3. The van der Waals surface area contributed by atoms with E-state index < -0.39 is 0 Å². The third kappa shape index (κ3) is 1.46. The Morgan fingerprint density at radius 1 is 1.00 bits per heavy atom. The fourth-order valence-electron chi connectivity index (χ4n) is 4.99. The number of hydrogen-bond acceptors (Lipinski definition) is 1. The van der Waals surface area contributed by atoms with Crippen molar-refractivity contribution in [3.05, 3.63) is 0 Å². The van der Waals surface area contributed by atoms with Gasteiger partial charge in [0.2, 0.25) is 0 Å². The van der Waals surface area contributed by atoms with Crippen LogP contribution in [-0.2, 0) is 0 Å². The Labute approximate surface area is 93.8 Å². The van der Waals surface area contributed by atoms with Gasteiger partial charge in [-0.05, 0) is 82.0 Å². The van der Waals surface area contributed by atoms with Crippen LogP contribution in [0.15, 0.2) is 0 Å². The first kappa shape index (κ1) is 10.1. The van der Waals surface area contributed by atoms with E-state index in [0.29, 0.717) is 5.41 Å². The monoisotopic (exact) mass is 207 g/mol. The van der Waals surface area contributed by atoms with Crippen LogP contribution in [0.1, 0.15) is 58.8 Å². The highest BCUT2D eigenvalue weighted by Crippen LogP contribution is 2.60. The van der Waals surface area contributed by atoms with Crippen molar-refractivity contribution >= 4 is 0 Å². The molecule has 0 aromatic rings. The molecule has 0 aromatic carbocycles. The molecular formula is C14H25N. The highest BCUT2D eigenvalue weighted by atomic mass is 14.8. The van der Waals surface area contributed by atoms with Crippen molar-refractivity contribution < 1.29 is 0 Å². The van der Waals surface area contributed by atoms with Crippen molar-refractivity contribution in [3.63, 3.8) is 0 Å². The second-order valence-electron chi connectivity index (χ2n) is 7.25. The Balaban J connectivity index is 1.97. The number of fused-ring (bicyclic) bond motifs is 1. The highest BCUT2D eigenvalue weighted by Gasteiger charge is 2.52. The lowest BCUT2D eigenvalue weighted by molar-refractivity contribution is 0.0157. The predicted molar refractivity (Wildman–Crippen MR) is 63.5 cm³/mol. The van der Waals surface area contributed by atoms with Crippen molar-refractivity contribution in [2.45, 2.75) is 64.3 Å². The summed E-state index contributed by atoms with van der Waals surface area (Å²) in [5.41, 5.74) is 7.04. The number of nitrogens with two attached hydrogens (primary N) is 1. The largest absolute Gasteiger partial charge is 0.325 e. The minimum atomic E-state index is 0.0448. The maximum Gasteiger partial charge on any atom is 0.0154 e. The van der Waals surface area contributed by atoms with Gasteiger partial charge in [0.25, 0.3) is 0 Å². The van der Waals surface area contributed by atoms with E-state index in [1.807, 2.05) is 0 Å². The summed E-state index contributed by atoms with van der Waals surface area (Å²) in [5.74, 6) is 3.10. The molecule has 4 aliphatic rings. The van der Waals surface area contributed by atoms with E-state index >= 15 is 0 Å². The normalized spacial score (nSPS) is 49.4. The molecule has 0 radical (unpaired) electrons. The molecule has 4 aliphatic carbocycles. The molecule has 0 aromatic heterocycles. The lowest BCUT2D eigenvalue weighted by atomic mass is 9.55. The van der Waals surface area contributed by atoms with Gasteiger partial charge in [-0.2, -0.15) is 0 Å². The molecule has 1 heteroatoms. The molecule has 2 N–H and O–H groups in total. The highest BCUT2D eigenvalue weighted by molar-refractivity contribution is 5.06. The summed E-state index contributed by atoms with van der Waals surface area (Å²) in [6.45, 7) is 4.55. The first-order valence-corrected chi connectivity index (χ1v) is 6.77. The van der Waals surface area contributed by atoms with Gasteiger partial charge in [-0.25, -0.2) is 0 Å². The van der Waals surface area contributed by atoms with Gasteiger partial charge in [-0.15, -0.1) is 0 Å². The topological polar surface area (TPSA) is 26.0 Å². The molecule has 0 saturated heterocycles. The van der Waals surface area contributed by atoms with Crippen molar-refractivity contribution in [2.75, 3.05) is 0 Å². The van der Waals surface area contributed by atoms with Crippen molar-refractivity contribution in [2.24, 2.45) is 28.9 Å². The summed E-state index contributed by atoms with van der Waals surface area (Å²) < 4.78 is 0. The average Bonchev–Trinajstić information content (AvgIpc) is 2.30. The predicted octanol–water partition coefficient (Wildman–Crippen LogP) is 3.33. The lowest BCUT2D eigenvalue weighted by Crippen LogP contribution is -2.53. The quantitative estimate of drug-likeness (QED) is 0.701. The van der Waals surface area contributed by atoms with Crippen LogP contribution >= 0.6 is 0 Å². The van der Waals surface area contributed by atoms with Crippen LogP contribution in [0.4, 0.5) is 0 Å². The standard InChI is InChI=1S/C14H25N/c1-13(2,15)14-4-3-10-5-11(8-14)7-12(6-10)9-14/h10-12H,3-9,15H2,1-2H3. The Kier molecular flexibility index (Phi) is 2.03. The third-order valence-corrected chi connectivity index (χ3v) is 5.76. The lowest BCUT2D eigenvalue weighted by Gasteiger charge is -2.52. The first-order chi connectivity index (χ1) is 6.98. The Bertz CT molecular complexity index is 249. The van der Waals surface area contributed by atoms with Gasteiger partial charge in [0.1, 0.15) is 0 Å². The molecule has 4 saturated carbocycles. The van der Waals surface area contributed by atoms with E-state index in [1.165, 1.54) is 44.9 Å². The van der Waals surface area contributed by atoms with E-state index in [2.05, 4.69) is 13.8 Å². The van der Waals surface area contributed by atoms with Crippen molar-refractivity contribution in [1.82, 2.24) is 0 Å². The Morgan fingerprint density at radius 2 is 1.53 bits per heavy atom. The third-order valence-electron chi connectivity index (χ3n) is 5.76. The average molecular weight is 207 g/mol. The minimum Gasteiger partial charge on any atom is -0.325 e. The summed E-state index contributed by atoms with van der Waals surface area (Å²) >= 11 is 0. The SMILES string of the molecule is CC(C)(N)C12CCC3CC(CC(C3)C1)C2. The van der Waals surface area contributed by atoms with Gasteiger partial charge in [0.05, 0.1) is 0 Å². The molecule has 15 heavy (non-hydrogen) atoms. The molecule has 0 heterocycles. The maximum absolute atomic E-state index is 6.50. The van der Waals surface area contributed by atoms with Gasteiger partial charge in [0.15, 0.2) is 0 Å². The zero-order chi connectivity index (χ0) is 10.7. The van der Waals surface area contributed by atoms with Crippen LogP contribution in [0.25, 0.3) is 0 Å². The number of hydrogen-bond donors (Lipinski definition) is 1. The van der Waals surface area contributed by atoms with E-state index in [1.54, 1.807) is 0 Å². The minimum absolute atomic E-state index is 0.0448. The molecule has 2 atom stereocenters. The van der Waals surface area contributed by atoms with Crippen LogP contribution < -0.4 is 5.73 Å². The van der Waals surface area contributed by atoms with Crippen molar-refractivity contribution in [1.29, 1.82) is 0 Å². The van der Waals surface area contributed by atoms with Crippen LogP contribution in [-0.4, -0.2) is 5.54 Å². The van der Waals surface area contributed by atoms with Gasteiger partial charge in [-0.1, -0.05) is 0 Å². The van der Waals surface area contributed by atoms with Gasteiger partial charge in [-0.3, -0.25) is 0 Å². The fraction of sp³-hybridized carbons (Fsp3) is 1.00. The summed E-state index contributed by atoms with van der Waals surface area (Å²) in [6.07, 6.45) is 10.3. The van der Waals surface area contributed by atoms with Crippen LogP contribution in [0.3, 0.4) is 0 Å². The summed E-state index contributed by atoms with van der Waals surface area (Å²) in [7, 11) is 0. The molecule has 1 nitrogen and oxygen atoms in total. The second kappa shape index (κ2) is 3.00. The molecule has 0 aliphatic heterocycles. The van der Waals surface area contributed by atoms with E-state index in [0.717, 1.165) is 17.8 Å². The smallest absolute Gasteiger partial charge is 0.0154 e. The summed E-state index contributed by atoms with van der Waals surface area (Å²) in [5, 5.41) is 0. The maximum atomic E-state index is 6.50.